The number of rotatable bonds is 6. The van der Waals surface area contributed by atoms with E-state index >= 15 is 0 Å². The van der Waals surface area contributed by atoms with Crippen molar-refractivity contribution < 1.29 is 22.4 Å². The van der Waals surface area contributed by atoms with Gasteiger partial charge >= 0.3 is 6.18 Å². The van der Waals surface area contributed by atoms with Crippen molar-refractivity contribution in [2.75, 3.05) is 26.2 Å². The molecule has 3 atom stereocenters. The van der Waals surface area contributed by atoms with Gasteiger partial charge in [-0.2, -0.15) is 13.2 Å². The number of hydrogen-bond donors (Lipinski definition) is 0. The van der Waals surface area contributed by atoms with Crippen LogP contribution in [0.5, 0.6) is 0 Å². The fourth-order valence-electron chi connectivity index (χ4n) is 4.35. The Bertz CT molecular complexity index is 954. The molecule has 0 N–H and O–H groups in total. The number of hydrogen-bond acceptors (Lipinski definition) is 4. The second-order valence-corrected chi connectivity index (χ2v) is 7.94. The molecule has 0 aromatic carbocycles. The molecule has 1 aliphatic heterocycles. The molecule has 1 aromatic rings. The van der Waals surface area contributed by atoms with E-state index < -0.39 is 17.7 Å². The summed E-state index contributed by atoms with van der Waals surface area (Å²) in [5, 5.41) is 0. The standard InChI is InChI=1S/C23H26F3N3O2/c1-3-28(4-2)13-14-29-18-8-6-5-7-17(18)20-19(22(29)30)27-21(31-20)15-9-11-16(12-10-15)23(24,25)26/h5-9,11-12,15,17-18H,3-4,10,13-14H2,1-2H3. The third-order valence-electron chi connectivity index (χ3n) is 6.20. The number of allylic oxidation sites excluding steroid dienone is 6. The van der Waals surface area contributed by atoms with E-state index in [1.54, 1.807) is 0 Å². The number of likely N-dealkylation sites (N-methyl/N-ethyl adjacent to an activating group) is 1. The number of carbonyl (C=O) groups is 1. The SMILES string of the molecule is CCN(CC)CCN1C(=O)c2nc(C3C=CC(C(F)(F)F)=CC3)oc2C2C=CC=CC21. The van der Waals surface area contributed by atoms with E-state index in [0.717, 1.165) is 31.8 Å². The Hall–Kier alpha value is -2.61. The minimum absolute atomic E-state index is 0.133. The molecule has 0 spiro atoms. The van der Waals surface area contributed by atoms with Gasteiger partial charge in [0, 0.05) is 13.1 Å². The molecule has 31 heavy (non-hydrogen) atoms. The van der Waals surface area contributed by atoms with Gasteiger partial charge in [-0.3, -0.25) is 4.79 Å². The van der Waals surface area contributed by atoms with Gasteiger partial charge in [0.1, 0.15) is 5.76 Å². The van der Waals surface area contributed by atoms with Crippen molar-refractivity contribution in [2.45, 2.75) is 44.3 Å². The number of halogens is 3. The number of carbonyl (C=O) groups excluding carboxylic acids is 1. The maximum atomic E-state index is 13.3. The van der Waals surface area contributed by atoms with E-state index in [1.807, 2.05) is 29.2 Å². The highest BCUT2D eigenvalue weighted by Crippen LogP contribution is 2.40. The van der Waals surface area contributed by atoms with Gasteiger partial charge < -0.3 is 14.2 Å². The molecule has 1 amide bonds. The van der Waals surface area contributed by atoms with Crippen LogP contribution in [-0.2, 0) is 0 Å². The molecule has 8 heteroatoms. The molecular weight excluding hydrogens is 407 g/mol. The minimum Gasteiger partial charge on any atom is -0.443 e. The summed E-state index contributed by atoms with van der Waals surface area (Å²) in [6, 6.07) is -0.153. The lowest BCUT2D eigenvalue weighted by Crippen LogP contribution is -2.49. The van der Waals surface area contributed by atoms with Gasteiger partial charge in [-0.05, 0) is 19.5 Å². The Labute approximate surface area is 179 Å². The van der Waals surface area contributed by atoms with Crippen LogP contribution in [0.25, 0.3) is 0 Å². The van der Waals surface area contributed by atoms with Crippen LogP contribution in [0, 0.1) is 0 Å². The summed E-state index contributed by atoms with van der Waals surface area (Å²) < 4.78 is 44.7. The predicted molar refractivity (Wildman–Crippen MR) is 111 cm³/mol. The molecule has 0 saturated carbocycles. The zero-order valence-corrected chi connectivity index (χ0v) is 17.6. The lowest BCUT2D eigenvalue weighted by atomic mass is 9.87. The summed E-state index contributed by atoms with van der Waals surface area (Å²) in [5.41, 5.74) is -0.395. The Morgan fingerprint density at radius 1 is 1.19 bits per heavy atom. The zero-order valence-electron chi connectivity index (χ0n) is 17.6. The van der Waals surface area contributed by atoms with E-state index in [4.69, 9.17) is 4.42 Å². The quantitative estimate of drug-likeness (QED) is 0.659. The van der Waals surface area contributed by atoms with Crippen molar-refractivity contribution in [1.82, 2.24) is 14.8 Å². The summed E-state index contributed by atoms with van der Waals surface area (Å²) in [4.78, 5) is 21.8. The Morgan fingerprint density at radius 3 is 2.58 bits per heavy atom. The molecule has 2 heterocycles. The first-order valence-electron chi connectivity index (χ1n) is 10.7. The van der Waals surface area contributed by atoms with Gasteiger partial charge in [-0.1, -0.05) is 56.4 Å². The predicted octanol–water partition coefficient (Wildman–Crippen LogP) is 4.58. The van der Waals surface area contributed by atoms with Crippen molar-refractivity contribution >= 4 is 5.91 Å². The largest absolute Gasteiger partial charge is 0.443 e. The van der Waals surface area contributed by atoms with Gasteiger partial charge in [0.25, 0.3) is 5.91 Å². The Morgan fingerprint density at radius 2 is 1.94 bits per heavy atom. The Balaban J connectivity index is 1.60. The second kappa shape index (κ2) is 8.49. The Kier molecular flexibility index (Phi) is 5.92. The van der Waals surface area contributed by atoms with Crippen molar-refractivity contribution in [2.24, 2.45) is 0 Å². The number of nitrogens with zero attached hydrogens (tertiary/aromatic N) is 3. The summed E-state index contributed by atoms with van der Waals surface area (Å²) in [6.45, 7) is 7.32. The topological polar surface area (TPSA) is 49.6 Å². The number of alkyl halides is 3. The number of oxazole rings is 1. The van der Waals surface area contributed by atoms with Gasteiger partial charge in [0.2, 0.25) is 5.89 Å². The molecule has 0 bridgehead atoms. The van der Waals surface area contributed by atoms with E-state index in [2.05, 4.69) is 23.7 Å². The minimum atomic E-state index is -4.37. The first-order valence-corrected chi connectivity index (χ1v) is 10.7. The highest BCUT2D eigenvalue weighted by atomic mass is 19.4. The molecule has 5 nitrogen and oxygen atoms in total. The summed E-state index contributed by atoms with van der Waals surface area (Å²) in [5.74, 6) is 0.0346. The van der Waals surface area contributed by atoms with Crippen molar-refractivity contribution in [3.8, 4) is 0 Å². The lowest BCUT2D eigenvalue weighted by molar-refractivity contribution is -0.0886. The summed E-state index contributed by atoms with van der Waals surface area (Å²) >= 11 is 0. The van der Waals surface area contributed by atoms with Crippen LogP contribution in [0.3, 0.4) is 0 Å². The maximum Gasteiger partial charge on any atom is 0.416 e. The van der Waals surface area contributed by atoms with Crippen LogP contribution in [0.15, 0.2) is 52.5 Å². The highest BCUT2D eigenvalue weighted by molar-refractivity contribution is 5.95. The molecule has 3 aliphatic rings. The fraction of sp³-hybridized carbons (Fsp3) is 0.478. The normalized spacial score (nSPS) is 25.1. The highest BCUT2D eigenvalue weighted by Gasteiger charge is 2.43. The van der Waals surface area contributed by atoms with Crippen LogP contribution >= 0.6 is 0 Å². The lowest BCUT2D eigenvalue weighted by Gasteiger charge is -2.38. The van der Waals surface area contributed by atoms with E-state index in [0.29, 0.717) is 18.2 Å². The molecule has 0 saturated heterocycles. The number of fused-ring (bicyclic) bond motifs is 3. The second-order valence-electron chi connectivity index (χ2n) is 7.94. The summed E-state index contributed by atoms with van der Waals surface area (Å²) in [6.07, 6.45) is 7.26. The molecule has 0 radical (unpaired) electrons. The van der Waals surface area contributed by atoms with Crippen molar-refractivity contribution in [3.05, 3.63) is 65.5 Å². The van der Waals surface area contributed by atoms with E-state index in [1.165, 1.54) is 6.08 Å². The molecule has 4 rings (SSSR count). The van der Waals surface area contributed by atoms with Crippen LogP contribution in [0.1, 0.15) is 54.2 Å². The van der Waals surface area contributed by atoms with Gasteiger partial charge in [0.05, 0.1) is 23.5 Å². The van der Waals surface area contributed by atoms with E-state index in [9.17, 15) is 18.0 Å². The molecule has 2 aliphatic carbocycles. The van der Waals surface area contributed by atoms with Crippen LogP contribution in [-0.4, -0.2) is 59.1 Å². The van der Waals surface area contributed by atoms with Crippen LogP contribution in [0.4, 0.5) is 13.2 Å². The van der Waals surface area contributed by atoms with Crippen molar-refractivity contribution in [3.63, 3.8) is 0 Å². The molecular formula is C23H26F3N3O2. The average Bonchev–Trinajstić information content (AvgIpc) is 3.22. The van der Waals surface area contributed by atoms with Gasteiger partial charge in [0.15, 0.2) is 5.69 Å². The fourth-order valence-corrected chi connectivity index (χ4v) is 4.35. The van der Waals surface area contributed by atoms with E-state index in [-0.39, 0.29) is 30.0 Å². The number of aromatic nitrogens is 1. The van der Waals surface area contributed by atoms with Crippen LogP contribution < -0.4 is 0 Å². The molecule has 0 fully saturated rings. The molecule has 166 valence electrons. The smallest absolute Gasteiger partial charge is 0.416 e. The number of amides is 1. The third kappa shape index (κ3) is 4.13. The summed E-state index contributed by atoms with van der Waals surface area (Å²) in [7, 11) is 0. The maximum absolute atomic E-state index is 13.3. The average molecular weight is 433 g/mol. The van der Waals surface area contributed by atoms with Crippen LogP contribution in [0.2, 0.25) is 0 Å². The first kappa shape index (κ1) is 21.6. The van der Waals surface area contributed by atoms with Gasteiger partial charge in [-0.25, -0.2) is 4.98 Å². The zero-order chi connectivity index (χ0) is 22.2. The molecule has 3 unspecified atom stereocenters. The molecule has 1 aromatic heterocycles. The van der Waals surface area contributed by atoms with Crippen molar-refractivity contribution in [1.29, 1.82) is 0 Å². The first-order chi connectivity index (χ1) is 14.8. The third-order valence-corrected chi connectivity index (χ3v) is 6.20. The van der Waals surface area contributed by atoms with Gasteiger partial charge in [-0.15, -0.1) is 0 Å². The monoisotopic (exact) mass is 433 g/mol.